The van der Waals surface area contributed by atoms with Crippen LogP contribution in [0.15, 0.2) is 50.8 Å². The van der Waals surface area contributed by atoms with Crippen molar-refractivity contribution in [3.63, 3.8) is 0 Å². The molecule has 68 valence electrons. The molecule has 0 bridgehead atoms. The maximum Gasteiger partial charge on any atom is 0.246 e. The van der Waals surface area contributed by atoms with Gasteiger partial charge in [-0.1, -0.05) is 18.2 Å². The van der Waals surface area contributed by atoms with Crippen LogP contribution >= 0.6 is 0 Å². The largest absolute Gasteiger partial charge is 0.284 e. The number of hydrogen-bond acceptors (Lipinski definition) is 5. The second-order valence-electron chi connectivity index (χ2n) is 2.57. The summed E-state index contributed by atoms with van der Waals surface area (Å²) in [6.45, 7) is 0. The normalized spacial score (nSPS) is 15.1. The third-order valence-electron chi connectivity index (χ3n) is 1.56. The van der Waals surface area contributed by atoms with Crippen molar-refractivity contribution in [2.45, 2.75) is 0 Å². The van der Waals surface area contributed by atoms with Crippen LogP contribution < -0.4 is 0 Å². The summed E-state index contributed by atoms with van der Waals surface area (Å²) in [5.41, 5.74) is 0.676. The molecule has 1 aromatic rings. The van der Waals surface area contributed by atoms with Gasteiger partial charge < -0.3 is 0 Å². The Labute approximate surface area is 79.9 Å². The number of amidine groups is 1. The van der Waals surface area contributed by atoms with Gasteiger partial charge in [-0.2, -0.15) is 5.10 Å². The van der Waals surface area contributed by atoms with Gasteiger partial charge in [0, 0.05) is 0 Å². The molecule has 0 saturated heterocycles. The van der Waals surface area contributed by atoms with Crippen LogP contribution in [0.25, 0.3) is 0 Å². The fourth-order valence-corrected chi connectivity index (χ4v) is 0.912. The van der Waals surface area contributed by atoms with Crippen molar-refractivity contribution < 1.29 is 4.79 Å². The first kappa shape index (κ1) is 8.43. The molecule has 1 aromatic carbocycles. The molecule has 5 nitrogen and oxygen atoms in total. The van der Waals surface area contributed by atoms with E-state index in [1.807, 2.05) is 18.2 Å². The standard InChI is InChI=1S/C9H6N4O/c14-8-6-10-12-9(8)13-11-7-4-2-1-3-5-7/h1-6H. The fraction of sp³-hybridized carbons (Fsp3) is 0. The maximum atomic E-state index is 11.0. The smallest absolute Gasteiger partial charge is 0.246 e. The van der Waals surface area contributed by atoms with Gasteiger partial charge in [0.15, 0.2) is 0 Å². The first-order valence-corrected chi connectivity index (χ1v) is 3.98. The lowest BCUT2D eigenvalue weighted by atomic mass is 10.3. The van der Waals surface area contributed by atoms with E-state index in [9.17, 15) is 4.79 Å². The molecular weight excluding hydrogens is 180 g/mol. The van der Waals surface area contributed by atoms with Gasteiger partial charge in [-0.05, 0) is 12.1 Å². The minimum absolute atomic E-state index is 0.0221. The molecule has 0 fully saturated rings. The van der Waals surface area contributed by atoms with Gasteiger partial charge in [0.1, 0.15) is 6.21 Å². The first-order chi connectivity index (χ1) is 6.86. The van der Waals surface area contributed by atoms with E-state index in [4.69, 9.17) is 0 Å². The Balaban J connectivity index is 2.13. The molecule has 14 heavy (non-hydrogen) atoms. The van der Waals surface area contributed by atoms with Gasteiger partial charge in [0.25, 0.3) is 0 Å². The van der Waals surface area contributed by atoms with Crippen LogP contribution in [0.2, 0.25) is 0 Å². The van der Waals surface area contributed by atoms with Crippen molar-refractivity contribution >= 4 is 23.5 Å². The molecule has 0 unspecified atom stereocenters. The summed E-state index contributed by atoms with van der Waals surface area (Å²) in [7, 11) is 0. The van der Waals surface area contributed by atoms with Gasteiger partial charge in [-0.15, -0.1) is 15.3 Å². The summed E-state index contributed by atoms with van der Waals surface area (Å²) < 4.78 is 0. The molecule has 0 amide bonds. The highest BCUT2D eigenvalue weighted by atomic mass is 16.1. The van der Waals surface area contributed by atoms with E-state index in [-0.39, 0.29) is 11.6 Å². The van der Waals surface area contributed by atoms with Crippen LogP contribution in [0.3, 0.4) is 0 Å². The molecule has 0 saturated carbocycles. The number of ketones is 1. The second kappa shape index (κ2) is 3.69. The first-order valence-electron chi connectivity index (χ1n) is 3.98. The van der Waals surface area contributed by atoms with Crippen LogP contribution in [0, 0.1) is 0 Å². The maximum absolute atomic E-state index is 11.0. The molecule has 0 N–H and O–H groups in total. The van der Waals surface area contributed by atoms with Gasteiger partial charge >= 0.3 is 0 Å². The predicted molar refractivity (Wildman–Crippen MR) is 51.9 cm³/mol. The molecule has 5 heteroatoms. The predicted octanol–water partition coefficient (Wildman–Crippen LogP) is 1.74. The number of Topliss-reactive ketones (excluding diaryl/α,β-unsaturated/α-hetero) is 1. The molecule has 0 aromatic heterocycles. The fourth-order valence-electron chi connectivity index (χ4n) is 0.912. The summed E-state index contributed by atoms with van der Waals surface area (Å²) in [6, 6.07) is 9.11. The van der Waals surface area contributed by atoms with E-state index in [1.165, 1.54) is 0 Å². The highest BCUT2D eigenvalue weighted by Gasteiger charge is 2.12. The molecule has 0 atom stereocenters. The molecule has 1 aliphatic rings. The monoisotopic (exact) mass is 186 g/mol. The van der Waals surface area contributed by atoms with E-state index in [1.54, 1.807) is 12.1 Å². The molecule has 1 heterocycles. The van der Waals surface area contributed by atoms with E-state index in [2.05, 4.69) is 20.4 Å². The lowest BCUT2D eigenvalue weighted by Gasteiger charge is -1.88. The van der Waals surface area contributed by atoms with Crippen molar-refractivity contribution in [1.29, 1.82) is 0 Å². The number of carbonyl (C=O) groups excluding carboxylic acids is 1. The summed E-state index contributed by atoms with van der Waals surface area (Å²) in [6.07, 6.45) is 1.11. The third-order valence-corrected chi connectivity index (χ3v) is 1.56. The highest BCUT2D eigenvalue weighted by molar-refractivity contribution is 6.61. The summed E-state index contributed by atoms with van der Waals surface area (Å²) >= 11 is 0. The lowest BCUT2D eigenvalue weighted by Crippen LogP contribution is -2.06. The SMILES string of the molecule is O=C1C=NN=C1N=Nc1ccccc1. The number of azo groups is 1. The number of nitrogens with zero attached hydrogens (tertiary/aromatic N) is 4. The summed E-state index contributed by atoms with van der Waals surface area (Å²) in [4.78, 5) is 11.0. The molecule has 0 aliphatic carbocycles. The average Bonchev–Trinajstić information content (AvgIpc) is 2.63. The van der Waals surface area contributed by atoms with Crippen molar-refractivity contribution in [3.05, 3.63) is 30.3 Å². The molecular formula is C9H6N4O. The lowest BCUT2D eigenvalue weighted by molar-refractivity contribution is -0.106. The summed E-state index contributed by atoms with van der Waals surface area (Å²) in [5, 5.41) is 14.4. The van der Waals surface area contributed by atoms with Gasteiger partial charge in [-0.3, -0.25) is 4.79 Å². The molecule has 2 rings (SSSR count). The van der Waals surface area contributed by atoms with Gasteiger partial charge in [0.2, 0.25) is 11.6 Å². The topological polar surface area (TPSA) is 66.5 Å². The van der Waals surface area contributed by atoms with E-state index < -0.39 is 0 Å². The van der Waals surface area contributed by atoms with Crippen molar-refractivity contribution in [3.8, 4) is 0 Å². The zero-order chi connectivity index (χ0) is 9.80. The Kier molecular flexibility index (Phi) is 2.22. The number of hydrogen-bond donors (Lipinski definition) is 0. The van der Waals surface area contributed by atoms with Gasteiger partial charge in [-0.25, -0.2) is 0 Å². The highest BCUT2D eigenvalue weighted by Crippen LogP contribution is 2.10. The molecule has 1 aliphatic heterocycles. The summed E-state index contributed by atoms with van der Waals surface area (Å²) in [5.74, 6) is -0.293. The molecule has 0 radical (unpaired) electrons. The van der Waals surface area contributed by atoms with Crippen molar-refractivity contribution in [1.82, 2.24) is 0 Å². The third kappa shape index (κ3) is 1.77. The Bertz CT molecular complexity index is 433. The van der Waals surface area contributed by atoms with E-state index in [0.717, 1.165) is 6.21 Å². The average molecular weight is 186 g/mol. The quantitative estimate of drug-likeness (QED) is 0.616. The van der Waals surface area contributed by atoms with Crippen LogP contribution in [-0.2, 0) is 4.79 Å². The van der Waals surface area contributed by atoms with E-state index >= 15 is 0 Å². The van der Waals surface area contributed by atoms with Crippen LogP contribution in [-0.4, -0.2) is 17.8 Å². The second-order valence-corrected chi connectivity index (χ2v) is 2.57. The number of carbonyl (C=O) groups is 1. The Hall–Kier alpha value is -2.17. The zero-order valence-electron chi connectivity index (χ0n) is 7.16. The van der Waals surface area contributed by atoms with Crippen molar-refractivity contribution in [2.75, 3.05) is 0 Å². The number of rotatable bonds is 1. The Morgan fingerprint density at radius 3 is 2.50 bits per heavy atom. The minimum atomic E-state index is -0.315. The Morgan fingerprint density at radius 2 is 1.86 bits per heavy atom. The van der Waals surface area contributed by atoms with Gasteiger partial charge in [0.05, 0.1) is 5.69 Å². The van der Waals surface area contributed by atoms with Crippen LogP contribution in [0.4, 0.5) is 5.69 Å². The van der Waals surface area contributed by atoms with Crippen LogP contribution in [0.1, 0.15) is 0 Å². The number of benzene rings is 1. The Morgan fingerprint density at radius 1 is 1.07 bits per heavy atom. The minimum Gasteiger partial charge on any atom is -0.284 e. The van der Waals surface area contributed by atoms with Crippen LogP contribution in [0.5, 0.6) is 0 Å². The zero-order valence-corrected chi connectivity index (χ0v) is 7.16. The van der Waals surface area contributed by atoms with E-state index in [0.29, 0.717) is 5.69 Å². The van der Waals surface area contributed by atoms with Crippen molar-refractivity contribution in [2.24, 2.45) is 20.4 Å². The molecule has 0 spiro atoms.